The van der Waals surface area contributed by atoms with E-state index in [9.17, 15) is 9.59 Å². The summed E-state index contributed by atoms with van der Waals surface area (Å²) in [6.45, 7) is 3.89. The summed E-state index contributed by atoms with van der Waals surface area (Å²) in [5.41, 5.74) is 5.64. The number of amides is 1. The highest BCUT2D eigenvalue weighted by atomic mass is 32.2. The third-order valence-electron chi connectivity index (χ3n) is 2.41. The van der Waals surface area contributed by atoms with Gasteiger partial charge in [-0.05, 0) is 26.7 Å². The third kappa shape index (κ3) is 5.41. The zero-order chi connectivity index (χ0) is 12.8. The van der Waals surface area contributed by atoms with Crippen LogP contribution in [0.15, 0.2) is 0 Å². The molecule has 0 radical (unpaired) electrons. The van der Waals surface area contributed by atoms with E-state index in [0.717, 1.165) is 12.8 Å². The van der Waals surface area contributed by atoms with Crippen molar-refractivity contribution in [3.63, 3.8) is 0 Å². The van der Waals surface area contributed by atoms with Gasteiger partial charge in [0.2, 0.25) is 5.91 Å². The minimum absolute atomic E-state index is 0.0218. The molecule has 0 spiro atoms. The van der Waals surface area contributed by atoms with Gasteiger partial charge in [-0.1, -0.05) is 0 Å². The van der Waals surface area contributed by atoms with E-state index < -0.39 is 12.0 Å². The lowest BCUT2D eigenvalue weighted by Crippen LogP contribution is -2.37. The second kappa shape index (κ2) is 6.86. The molecular formula is C11H20N2O3S. The van der Waals surface area contributed by atoms with E-state index >= 15 is 0 Å². The van der Waals surface area contributed by atoms with Crippen LogP contribution in [0.1, 0.15) is 26.7 Å². The van der Waals surface area contributed by atoms with Gasteiger partial charge in [0.25, 0.3) is 0 Å². The molecule has 2 atom stereocenters. The molecule has 0 heterocycles. The Morgan fingerprint density at radius 2 is 2.18 bits per heavy atom. The first-order valence-electron chi connectivity index (χ1n) is 5.88. The molecular weight excluding hydrogens is 240 g/mol. The fourth-order valence-corrected chi connectivity index (χ4v) is 2.04. The van der Waals surface area contributed by atoms with E-state index in [1.807, 2.05) is 6.92 Å². The number of esters is 1. The summed E-state index contributed by atoms with van der Waals surface area (Å²) < 4.78 is 4.79. The third-order valence-corrected chi connectivity index (χ3v) is 3.67. The number of nitrogens with one attached hydrogen (secondary N) is 1. The Morgan fingerprint density at radius 3 is 2.71 bits per heavy atom. The monoisotopic (exact) mass is 260 g/mol. The minimum Gasteiger partial charge on any atom is -0.465 e. The average molecular weight is 260 g/mol. The number of thioether (sulfide) groups is 1. The molecule has 5 nitrogen and oxygen atoms in total. The van der Waals surface area contributed by atoms with Crippen molar-refractivity contribution in [2.24, 2.45) is 5.73 Å². The van der Waals surface area contributed by atoms with Crippen molar-refractivity contribution in [1.29, 1.82) is 0 Å². The summed E-state index contributed by atoms with van der Waals surface area (Å²) in [4.78, 5) is 22.9. The lowest BCUT2D eigenvalue weighted by Gasteiger charge is -2.14. The van der Waals surface area contributed by atoms with Crippen LogP contribution in [0.4, 0.5) is 0 Å². The second-order valence-electron chi connectivity index (χ2n) is 4.12. The fourth-order valence-electron chi connectivity index (χ4n) is 1.19. The van der Waals surface area contributed by atoms with Gasteiger partial charge in [0.15, 0.2) is 0 Å². The van der Waals surface area contributed by atoms with Gasteiger partial charge in [0.1, 0.15) is 6.04 Å². The van der Waals surface area contributed by atoms with Crippen LogP contribution in [0.25, 0.3) is 0 Å². The summed E-state index contributed by atoms with van der Waals surface area (Å²) in [6, 6.07) is -0.291. The smallest absolute Gasteiger partial charge is 0.323 e. The van der Waals surface area contributed by atoms with Gasteiger partial charge in [0, 0.05) is 11.8 Å². The SMILES string of the molecule is CCOC(=O)C(N)CSC(C)C(=O)NC1CC1. The Morgan fingerprint density at radius 1 is 1.53 bits per heavy atom. The van der Waals surface area contributed by atoms with Gasteiger partial charge in [-0.25, -0.2) is 0 Å². The maximum atomic E-state index is 11.6. The number of hydrogen-bond acceptors (Lipinski definition) is 5. The topological polar surface area (TPSA) is 81.4 Å². The quantitative estimate of drug-likeness (QED) is 0.642. The molecule has 0 aromatic rings. The Labute approximate surface area is 106 Å². The Bertz CT molecular complexity index is 282. The zero-order valence-electron chi connectivity index (χ0n) is 10.3. The highest BCUT2D eigenvalue weighted by molar-refractivity contribution is 8.00. The van der Waals surface area contributed by atoms with E-state index in [0.29, 0.717) is 18.4 Å². The molecule has 1 aliphatic rings. The highest BCUT2D eigenvalue weighted by Gasteiger charge is 2.26. The van der Waals surface area contributed by atoms with Crippen LogP contribution >= 0.6 is 11.8 Å². The highest BCUT2D eigenvalue weighted by Crippen LogP contribution is 2.20. The molecule has 0 bridgehead atoms. The standard InChI is InChI=1S/C11H20N2O3S/c1-3-16-11(15)9(12)6-17-7(2)10(14)13-8-4-5-8/h7-9H,3-6,12H2,1-2H3,(H,13,14). The summed E-state index contributed by atoms with van der Waals surface area (Å²) in [5.74, 6) is 0.0151. The van der Waals surface area contributed by atoms with Crippen molar-refractivity contribution in [1.82, 2.24) is 5.32 Å². The van der Waals surface area contributed by atoms with Gasteiger partial charge in [-0.3, -0.25) is 9.59 Å². The van der Waals surface area contributed by atoms with Crippen LogP contribution in [-0.2, 0) is 14.3 Å². The first-order valence-corrected chi connectivity index (χ1v) is 6.93. The van der Waals surface area contributed by atoms with Gasteiger partial charge < -0.3 is 15.8 Å². The summed E-state index contributed by atoms with van der Waals surface area (Å²) in [7, 11) is 0. The molecule has 17 heavy (non-hydrogen) atoms. The molecule has 0 aromatic heterocycles. The van der Waals surface area contributed by atoms with Crippen LogP contribution < -0.4 is 11.1 Å². The van der Waals surface area contributed by atoms with Crippen molar-refractivity contribution >= 4 is 23.6 Å². The van der Waals surface area contributed by atoms with E-state index in [2.05, 4.69) is 5.32 Å². The molecule has 1 amide bonds. The summed E-state index contributed by atoms with van der Waals surface area (Å²) in [6.07, 6.45) is 2.15. The average Bonchev–Trinajstić information content (AvgIpc) is 3.09. The molecule has 0 aliphatic heterocycles. The van der Waals surface area contributed by atoms with Crippen LogP contribution in [0.2, 0.25) is 0 Å². The Hall–Kier alpha value is -0.750. The lowest BCUT2D eigenvalue weighted by molar-refractivity contribution is -0.144. The first-order chi connectivity index (χ1) is 8.04. The molecule has 1 aliphatic carbocycles. The predicted octanol–water partition coefficient (Wildman–Crippen LogP) is 0.277. The van der Waals surface area contributed by atoms with Gasteiger partial charge in [0.05, 0.1) is 11.9 Å². The molecule has 3 N–H and O–H groups in total. The maximum Gasteiger partial charge on any atom is 0.323 e. The number of hydrogen-bond donors (Lipinski definition) is 2. The second-order valence-corrected chi connectivity index (χ2v) is 5.49. The zero-order valence-corrected chi connectivity index (χ0v) is 11.1. The molecule has 1 saturated carbocycles. The van der Waals surface area contributed by atoms with Crippen molar-refractivity contribution in [3.8, 4) is 0 Å². The van der Waals surface area contributed by atoms with Crippen molar-refractivity contribution in [2.45, 2.75) is 44.0 Å². The van der Waals surface area contributed by atoms with Crippen LogP contribution in [-0.4, -0.2) is 41.6 Å². The summed E-state index contributed by atoms with van der Waals surface area (Å²) in [5, 5.41) is 2.73. The molecule has 98 valence electrons. The van der Waals surface area contributed by atoms with E-state index in [1.165, 1.54) is 11.8 Å². The largest absolute Gasteiger partial charge is 0.465 e. The van der Waals surface area contributed by atoms with Crippen LogP contribution in [0, 0.1) is 0 Å². The molecule has 0 aromatic carbocycles. The molecule has 1 rings (SSSR count). The Balaban J connectivity index is 2.19. The number of carbonyl (C=O) groups is 2. The first kappa shape index (κ1) is 14.3. The summed E-state index contributed by atoms with van der Waals surface area (Å²) >= 11 is 1.38. The molecule has 6 heteroatoms. The van der Waals surface area contributed by atoms with Crippen molar-refractivity contribution in [2.75, 3.05) is 12.4 Å². The predicted molar refractivity (Wildman–Crippen MR) is 67.7 cm³/mol. The van der Waals surface area contributed by atoms with E-state index in [-0.39, 0.29) is 11.2 Å². The van der Waals surface area contributed by atoms with E-state index in [1.54, 1.807) is 6.92 Å². The Kier molecular flexibility index (Phi) is 5.77. The van der Waals surface area contributed by atoms with Gasteiger partial charge in [-0.2, -0.15) is 0 Å². The normalized spacial score (nSPS) is 18.3. The lowest BCUT2D eigenvalue weighted by atomic mass is 10.4. The van der Waals surface area contributed by atoms with Crippen LogP contribution in [0.3, 0.4) is 0 Å². The molecule has 0 saturated heterocycles. The number of carbonyl (C=O) groups excluding carboxylic acids is 2. The number of rotatable bonds is 7. The van der Waals surface area contributed by atoms with Gasteiger partial charge >= 0.3 is 5.97 Å². The minimum atomic E-state index is -0.656. The molecule has 2 unspecified atom stereocenters. The van der Waals surface area contributed by atoms with Gasteiger partial charge in [-0.15, -0.1) is 11.8 Å². The number of nitrogens with two attached hydrogens (primary N) is 1. The maximum absolute atomic E-state index is 11.6. The van der Waals surface area contributed by atoms with Crippen molar-refractivity contribution < 1.29 is 14.3 Å². The van der Waals surface area contributed by atoms with Crippen LogP contribution in [0.5, 0.6) is 0 Å². The molecule has 1 fully saturated rings. The van der Waals surface area contributed by atoms with E-state index in [4.69, 9.17) is 10.5 Å². The van der Waals surface area contributed by atoms with Crippen molar-refractivity contribution in [3.05, 3.63) is 0 Å². The number of ether oxygens (including phenoxy) is 1. The fraction of sp³-hybridized carbons (Fsp3) is 0.818.